The van der Waals surface area contributed by atoms with Crippen LogP contribution in [-0.2, 0) is 18.3 Å². The number of unbranched alkanes of at least 4 members (excludes halogenated alkanes) is 1. The molecule has 0 unspecified atom stereocenters. The summed E-state index contributed by atoms with van der Waals surface area (Å²) in [6, 6.07) is 1.99. The van der Waals surface area contributed by atoms with Crippen LogP contribution in [0, 0.1) is 0 Å². The highest BCUT2D eigenvalue weighted by Crippen LogP contribution is 2.14. The van der Waals surface area contributed by atoms with E-state index in [0.717, 1.165) is 69.0 Å². The molecule has 1 saturated heterocycles. The molecule has 2 rings (SSSR count). The molecule has 0 radical (unpaired) electrons. The average Bonchev–Trinajstić information content (AvgIpc) is 2.89. The highest BCUT2D eigenvalue weighted by molar-refractivity contribution is 6.30. The van der Waals surface area contributed by atoms with E-state index >= 15 is 0 Å². The number of hydrogen-bond acceptors (Lipinski definition) is 3. The van der Waals surface area contributed by atoms with Gasteiger partial charge in [0.2, 0.25) is 0 Å². The monoisotopic (exact) mass is 355 g/mol. The quantitative estimate of drug-likeness (QED) is 0.460. The first-order valence-electron chi connectivity index (χ1n) is 8.63. The van der Waals surface area contributed by atoms with E-state index in [4.69, 9.17) is 16.3 Å². The third kappa shape index (κ3) is 6.00. The Morgan fingerprint density at radius 1 is 1.38 bits per heavy atom. The molecule has 1 N–H and O–H groups in total. The van der Waals surface area contributed by atoms with Crippen molar-refractivity contribution < 1.29 is 4.74 Å². The first kappa shape index (κ1) is 19.1. The minimum absolute atomic E-state index is 0.770. The second kappa shape index (κ2) is 9.91. The number of nitrogens with zero attached hydrogens (tertiary/aromatic N) is 4. The molecule has 136 valence electrons. The van der Waals surface area contributed by atoms with Gasteiger partial charge in [0, 0.05) is 52.7 Å². The maximum atomic E-state index is 6.05. The maximum absolute atomic E-state index is 6.05. The van der Waals surface area contributed by atoms with Crippen LogP contribution in [0.3, 0.4) is 0 Å². The molecule has 1 fully saturated rings. The summed E-state index contributed by atoms with van der Waals surface area (Å²) < 4.78 is 7.42. The van der Waals surface area contributed by atoms with E-state index in [1.54, 1.807) is 0 Å². The van der Waals surface area contributed by atoms with Crippen molar-refractivity contribution in [2.45, 2.75) is 19.4 Å². The van der Waals surface area contributed by atoms with Gasteiger partial charge in [-0.15, -0.1) is 0 Å². The Morgan fingerprint density at radius 3 is 2.75 bits per heavy atom. The molecule has 0 bridgehead atoms. The first-order chi connectivity index (χ1) is 11.6. The lowest BCUT2D eigenvalue weighted by atomic mass is 10.2. The Balaban J connectivity index is 1.66. The van der Waals surface area contributed by atoms with Gasteiger partial charge >= 0.3 is 0 Å². The normalized spacial score (nSPS) is 16.4. The van der Waals surface area contributed by atoms with Gasteiger partial charge in [-0.1, -0.05) is 11.6 Å². The van der Waals surface area contributed by atoms with Gasteiger partial charge in [-0.05, 0) is 25.5 Å². The molecule has 1 aromatic heterocycles. The average molecular weight is 356 g/mol. The van der Waals surface area contributed by atoms with Crippen LogP contribution < -0.4 is 5.32 Å². The molecule has 24 heavy (non-hydrogen) atoms. The van der Waals surface area contributed by atoms with Gasteiger partial charge in [-0.3, -0.25) is 9.89 Å². The number of ether oxygens (including phenoxy) is 1. The molecule has 0 amide bonds. The summed E-state index contributed by atoms with van der Waals surface area (Å²) in [6.45, 7) is 6.75. The van der Waals surface area contributed by atoms with Crippen molar-refractivity contribution in [1.29, 1.82) is 0 Å². The molecular formula is C17H30ClN5O. The van der Waals surface area contributed by atoms with E-state index in [1.807, 2.05) is 33.4 Å². The number of hydrogen-bond donors (Lipinski definition) is 1. The fourth-order valence-electron chi connectivity index (χ4n) is 2.91. The molecule has 0 spiro atoms. The molecule has 1 aliphatic rings. The van der Waals surface area contributed by atoms with Gasteiger partial charge in [-0.25, -0.2) is 0 Å². The highest BCUT2D eigenvalue weighted by atomic mass is 35.5. The summed E-state index contributed by atoms with van der Waals surface area (Å²) in [4.78, 5) is 8.96. The molecule has 0 atom stereocenters. The smallest absolute Gasteiger partial charge is 0.193 e. The third-order valence-corrected chi connectivity index (χ3v) is 4.54. The molecule has 1 aliphatic heterocycles. The van der Waals surface area contributed by atoms with Crippen molar-refractivity contribution in [3.63, 3.8) is 0 Å². The van der Waals surface area contributed by atoms with Crippen molar-refractivity contribution in [2.75, 3.05) is 53.5 Å². The molecule has 6 nitrogen and oxygen atoms in total. The van der Waals surface area contributed by atoms with Crippen molar-refractivity contribution in [3.05, 3.63) is 23.0 Å². The lowest BCUT2D eigenvalue weighted by molar-refractivity contribution is 0.0372. The molecule has 1 aromatic rings. The Labute approximate surface area is 150 Å². The number of aromatic nitrogens is 1. The van der Waals surface area contributed by atoms with Gasteiger partial charge in [0.1, 0.15) is 0 Å². The van der Waals surface area contributed by atoms with E-state index in [-0.39, 0.29) is 0 Å². The van der Waals surface area contributed by atoms with Gasteiger partial charge in [-0.2, -0.15) is 0 Å². The number of halogens is 1. The molecule has 7 heteroatoms. The molecular weight excluding hydrogens is 326 g/mol. The Bertz CT molecular complexity index is 525. The lowest BCUT2D eigenvalue weighted by Gasteiger charge is -2.26. The summed E-state index contributed by atoms with van der Waals surface area (Å²) in [5, 5.41) is 4.21. The first-order valence-corrected chi connectivity index (χ1v) is 9.00. The minimum atomic E-state index is 0.770. The summed E-state index contributed by atoms with van der Waals surface area (Å²) in [5.74, 6) is 0.915. The lowest BCUT2D eigenvalue weighted by Crippen LogP contribution is -2.40. The van der Waals surface area contributed by atoms with E-state index < -0.39 is 0 Å². The number of aryl methyl sites for hydroxylation is 1. The molecule has 0 aromatic carbocycles. The summed E-state index contributed by atoms with van der Waals surface area (Å²) >= 11 is 6.05. The van der Waals surface area contributed by atoms with E-state index in [0.29, 0.717) is 0 Å². The standard InChI is InChI=1S/C17H30ClN5O/c1-19-17(22(3)14-16-12-15(18)13-21(16)2)20-6-4-5-7-23-8-10-24-11-9-23/h12-13H,4-11,14H2,1-3H3,(H,19,20). The summed E-state index contributed by atoms with van der Waals surface area (Å²) in [5.41, 5.74) is 1.16. The topological polar surface area (TPSA) is 45.0 Å². The summed E-state index contributed by atoms with van der Waals surface area (Å²) in [6.07, 6.45) is 4.26. The third-order valence-electron chi connectivity index (χ3n) is 4.33. The van der Waals surface area contributed by atoms with Crippen molar-refractivity contribution in [3.8, 4) is 0 Å². The Morgan fingerprint density at radius 2 is 2.12 bits per heavy atom. The van der Waals surface area contributed by atoms with E-state index in [1.165, 1.54) is 6.42 Å². The SMILES string of the molecule is CN=C(NCCCCN1CCOCC1)N(C)Cc1cc(Cl)cn1C. The van der Waals surface area contributed by atoms with Crippen molar-refractivity contribution >= 4 is 17.6 Å². The van der Waals surface area contributed by atoms with Crippen LogP contribution in [-0.4, -0.2) is 73.8 Å². The number of rotatable bonds is 7. The van der Waals surface area contributed by atoms with Gasteiger partial charge < -0.3 is 19.5 Å². The van der Waals surface area contributed by atoms with Crippen molar-refractivity contribution in [2.24, 2.45) is 12.0 Å². The molecule has 2 heterocycles. The van der Waals surface area contributed by atoms with Crippen LogP contribution in [0.2, 0.25) is 5.02 Å². The molecule has 0 aliphatic carbocycles. The van der Waals surface area contributed by atoms with Crippen molar-refractivity contribution in [1.82, 2.24) is 19.7 Å². The van der Waals surface area contributed by atoms with Crippen LogP contribution >= 0.6 is 11.6 Å². The largest absolute Gasteiger partial charge is 0.379 e. The van der Waals surface area contributed by atoms with Crippen LogP contribution in [0.5, 0.6) is 0 Å². The fourth-order valence-corrected chi connectivity index (χ4v) is 3.18. The van der Waals surface area contributed by atoms with Gasteiger partial charge in [0.05, 0.1) is 24.8 Å². The number of guanidine groups is 1. The highest BCUT2D eigenvalue weighted by Gasteiger charge is 2.11. The van der Waals surface area contributed by atoms with E-state index in [9.17, 15) is 0 Å². The Hall–Kier alpha value is -1.24. The zero-order chi connectivity index (χ0) is 17.4. The minimum Gasteiger partial charge on any atom is -0.379 e. The van der Waals surface area contributed by atoms with Gasteiger partial charge in [0.15, 0.2) is 5.96 Å². The summed E-state index contributed by atoms with van der Waals surface area (Å²) in [7, 11) is 5.88. The van der Waals surface area contributed by atoms with Gasteiger partial charge in [0.25, 0.3) is 0 Å². The second-order valence-electron chi connectivity index (χ2n) is 6.25. The van der Waals surface area contributed by atoms with E-state index in [2.05, 4.69) is 24.7 Å². The fraction of sp³-hybridized carbons (Fsp3) is 0.706. The molecule has 0 saturated carbocycles. The predicted molar refractivity (Wildman–Crippen MR) is 99.7 cm³/mol. The number of nitrogens with one attached hydrogen (secondary N) is 1. The number of aliphatic imine (C=N–C) groups is 1. The predicted octanol–water partition coefficient (Wildman–Crippen LogP) is 1.80. The van der Waals surface area contributed by atoms with Crippen LogP contribution in [0.25, 0.3) is 0 Å². The Kier molecular flexibility index (Phi) is 7.88. The zero-order valence-corrected chi connectivity index (χ0v) is 15.8. The van der Waals surface area contributed by atoms with Crippen LogP contribution in [0.4, 0.5) is 0 Å². The second-order valence-corrected chi connectivity index (χ2v) is 6.69. The van der Waals surface area contributed by atoms with Crippen LogP contribution in [0.15, 0.2) is 17.3 Å². The zero-order valence-electron chi connectivity index (χ0n) is 15.1. The maximum Gasteiger partial charge on any atom is 0.193 e. The van der Waals surface area contributed by atoms with Crippen LogP contribution in [0.1, 0.15) is 18.5 Å². The number of morpholine rings is 1.